The summed E-state index contributed by atoms with van der Waals surface area (Å²) < 4.78 is 9.93. The maximum atomic E-state index is 11.0. The molecule has 0 heterocycles. The Hall–Kier alpha value is -0.570. The molecule has 0 saturated heterocycles. The Kier molecular flexibility index (Phi) is 4.22. The van der Waals surface area contributed by atoms with Crippen molar-refractivity contribution in [2.75, 3.05) is 14.2 Å². The van der Waals surface area contributed by atoms with Crippen LogP contribution in [-0.2, 0) is 14.3 Å². The highest BCUT2D eigenvalue weighted by atomic mass is 16.5. The highest BCUT2D eigenvalue weighted by Gasteiger charge is 2.23. The quantitative estimate of drug-likeness (QED) is 0.630. The van der Waals surface area contributed by atoms with E-state index in [0.29, 0.717) is 18.4 Å². The summed E-state index contributed by atoms with van der Waals surface area (Å²) in [6.07, 6.45) is 5.34. The summed E-state index contributed by atoms with van der Waals surface area (Å²) in [5, 5.41) is 0. The standard InChI is InChI=1S/C10H18O3/c1-12-9-5-3-4-8(6-9)7-10(11)13-2/h8-9H,3-7H2,1-2H3/t8-,9?/m0/s1. The second-order valence-electron chi connectivity index (χ2n) is 3.67. The maximum absolute atomic E-state index is 11.0. The van der Waals surface area contributed by atoms with E-state index in [-0.39, 0.29) is 5.97 Å². The van der Waals surface area contributed by atoms with Gasteiger partial charge in [0.2, 0.25) is 0 Å². The first-order chi connectivity index (χ1) is 6.26. The van der Waals surface area contributed by atoms with Gasteiger partial charge in [0, 0.05) is 13.5 Å². The van der Waals surface area contributed by atoms with Gasteiger partial charge in [0.15, 0.2) is 0 Å². The molecular weight excluding hydrogens is 168 g/mol. The van der Waals surface area contributed by atoms with Gasteiger partial charge >= 0.3 is 5.97 Å². The smallest absolute Gasteiger partial charge is 0.305 e. The Labute approximate surface area is 79.4 Å². The number of hydrogen-bond acceptors (Lipinski definition) is 3. The average molecular weight is 186 g/mol. The monoisotopic (exact) mass is 186 g/mol. The fourth-order valence-electron chi connectivity index (χ4n) is 1.96. The van der Waals surface area contributed by atoms with Gasteiger partial charge in [-0.05, 0) is 25.2 Å². The van der Waals surface area contributed by atoms with Crippen LogP contribution in [-0.4, -0.2) is 26.3 Å². The Bertz CT molecular complexity index is 168. The molecule has 0 N–H and O–H groups in total. The number of methoxy groups -OCH3 is 2. The lowest BCUT2D eigenvalue weighted by atomic mass is 9.85. The van der Waals surface area contributed by atoms with Gasteiger partial charge in [-0.3, -0.25) is 4.79 Å². The van der Waals surface area contributed by atoms with Gasteiger partial charge in [-0.15, -0.1) is 0 Å². The normalized spacial score (nSPS) is 28.5. The zero-order valence-corrected chi connectivity index (χ0v) is 8.41. The molecule has 3 heteroatoms. The third-order valence-electron chi connectivity index (χ3n) is 2.75. The molecule has 1 aliphatic carbocycles. The van der Waals surface area contributed by atoms with E-state index < -0.39 is 0 Å². The number of esters is 1. The second kappa shape index (κ2) is 5.22. The van der Waals surface area contributed by atoms with Gasteiger partial charge in [-0.1, -0.05) is 6.42 Å². The molecule has 0 radical (unpaired) electrons. The van der Waals surface area contributed by atoms with Gasteiger partial charge in [0.1, 0.15) is 0 Å². The molecule has 1 saturated carbocycles. The highest BCUT2D eigenvalue weighted by molar-refractivity contribution is 5.69. The summed E-state index contributed by atoms with van der Waals surface area (Å²) in [5.41, 5.74) is 0. The molecule has 0 aromatic rings. The van der Waals surface area contributed by atoms with Gasteiger partial charge in [-0.2, -0.15) is 0 Å². The van der Waals surface area contributed by atoms with Crippen molar-refractivity contribution < 1.29 is 14.3 Å². The van der Waals surface area contributed by atoms with E-state index in [1.165, 1.54) is 13.5 Å². The Morgan fingerprint density at radius 2 is 2.15 bits per heavy atom. The van der Waals surface area contributed by atoms with Crippen LogP contribution in [0.15, 0.2) is 0 Å². The van der Waals surface area contributed by atoms with Crippen molar-refractivity contribution in [3.05, 3.63) is 0 Å². The summed E-state index contributed by atoms with van der Waals surface area (Å²) in [7, 11) is 3.18. The van der Waals surface area contributed by atoms with Crippen molar-refractivity contribution in [1.82, 2.24) is 0 Å². The highest BCUT2D eigenvalue weighted by Crippen LogP contribution is 2.28. The third-order valence-corrected chi connectivity index (χ3v) is 2.75. The number of rotatable bonds is 3. The van der Waals surface area contributed by atoms with Crippen LogP contribution >= 0.6 is 0 Å². The molecule has 1 fully saturated rings. The van der Waals surface area contributed by atoms with Crippen molar-refractivity contribution in [2.45, 2.75) is 38.2 Å². The van der Waals surface area contributed by atoms with Crippen molar-refractivity contribution in [1.29, 1.82) is 0 Å². The summed E-state index contributed by atoms with van der Waals surface area (Å²) in [6.45, 7) is 0. The van der Waals surface area contributed by atoms with Gasteiger partial charge in [-0.25, -0.2) is 0 Å². The minimum Gasteiger partial charge on any atom is -0.469 e. The van der Waals surface area contributed by atoms with Gasteiger partial charge in [0.05, 0.1) is 13.2 Å². The molecule has 13 heavy (non-hydrogen) atoms. The van der Waals surface area contributed by atoms with Crippen LogP contribution in [0.1, 0.15) is 32.1 Å². The number of hydrogen-bond donors (Lipinski definition) is 0. The predicted molar refractivity (Wildman–Crippen MR) is 49.4 cm³/mol. The summed E-state index contributed by atoms with van der Waals surface area (Å²) in [5.74, 6) is 0.368. The molecule has 76 valence electrons. The molecule has 1 aliphatic rings. The fourth-order valence-corrected chi connectivity index (χ4v) is 1.96. The Morgan fingerprint density at radius 3 is 2.77 bits per heavy atom. The molecular formula is C10H18O3. The van der Waals surface area contributed by atoms with Crippen LogP contribution in [0.3, 0.4) is 0 Å². The average Bonchev–Trinajstić information content (AvgIpc) is 2.18. The van der Waals surface area contributed by atoms with Gasteiger partial charge in [0.25, 0.3) is 0 Å². The SMILES string of the molecule is COC(=O)C[C@H]1CCCC(OC)C1. The van der Waals surface area contributed by atoms with Crippen molar-refractivity contribution in [3.8, 4) is 0 Å². The minimum atomic E-state index is -0.0956. The van der Waals surface area contributed by atoms with E-state index in [2.05, 4.69) is 4.74 Å². The van der Waals surface area contributed by atoms with E-state index >= 15 is 0 Å². The summed E-state index contributed by atoms with van der Waals surface area (Å²) in [6, 6.07) is 0. The molecule has 0 spiro atoms. The van der Waals surface area contributed by atoms with E-state index in [1.54, 1.807) is 7.11 Å². The third kappa shape index (κ3) is 3.35. The Balaban J connectivity index is 2.29. The second-order valence-corrected chi connectivity index (χ2v) is 3.67. The van der Waals surface area contributed by atoms with Crippen LogP contribution in [0.25, 0.3) is 0 Å². The van der Waals surface area contributed by atoms with Gasteiger partial charge < -0.3 is 9.47 Å². The van der Waals surface area contributed by atoms with Crippen LogP contribution in [0.2, 0.25) is 0 Å². The van der Waals surface area contributed by atoms with Crippen LogP contribution in [0.5, 0.6) is 0 Å². The molecule has 0 aromatic heterocycles. The van der Waals surface area contributed by atoms with Crippen molar-refractivity contribution in [2.24, 2.45) is 5.92 Å². The molecule has 2 atom stereocenters. The minimum absolute atomic E-state index is 0.0956. The van der Waals surface area contributed by atoms with Crippen molar-refractivity contribution in [3.63, 3.8) is 0 Å². The lowest BCUT2D eigenvalue weighted by Crippen LogP contribution is -2.23. The largest absolute Gasteiger partial charge is 0.469 e. The van der Waals surface area contributed by atoms with E-state index in [0.717, 1.165) is 19.3 Å². The molecule has 0 aromatic carbocycles. The number of carbonyl (C=O) groups excluding carboxylic acids is 1. The first-order valence-electron chi connectivity index (χ1n) is 4.86. The van der Waals surface area contributed by atoms with Crippen LogP contribution in [0.4, 0.5) is 0 Å². The summed E-state index contributed by atoms with van der Waals surface area (Å²) >= 11 is 0. The topological polar surface area (TPSA) is 35.5 Å². The fraction of sp³-hybridized carbons (Fsp3) is 0.900. The van der Waals surface area contributed by atoms with E-state index in [4.69, 9.17) is 4.74 Å². The molecule has 0 amide bonds. The zero-order chi connectivity index (χ0) is 9.68. The number of ether oxygens (including phenoxy) is 2. The first-order valence-corrected chi connectivity index (χ1v) is 4.86. The maximum Gasteiger partial charge on any atom is 0.305 e. The number of carbonyl (C=O) groups is 1. The first kappa shape index (κ1) is 10.5. The molecule has 0 bridgehead atoms. The van der Waals surface area contributed by atoms with Crippen LogP contribution < -0.4 is 0 Å². The van der Waals surface area contributed by atoms with E-state index in [9.17, 15) is 4.79 Å². The zero-order valence-electron chi connectivity index (χ0n) is 8.41. The van der Waals surface area contributed by atoms with E-state index in [1.807, 2.05) is 0 Å². The molecule has 1 rings (SSSR count). The molecule has 1 unspecified atom stereocenters. The van der Waals surface area contributed by atoms with Crippen LogP contribution in [0, 0.1) is 5.92 Å². The predicted octanol–water partition coefficient (Wildman–Crippen LogP) is 1.75. The molecule has 0 aliphatic heterocycles. The Morgan fingerprint density at radius 1 is 1.38 bits per heavy atom. The molecule has 3 nitrogen and oxygen atoms in total. The van der Waals surface area contributed by atoms with Crippen molar-refractivity contribution >= 4 is 5.97 Å². The lowest BCUT2D eigenvalue weighted by molar-refractivity contribution is -0.142. The summed E-state index contributed by atoms with van der Waals surface area (Å²) in [4.78, 5) is 11.0. The lowest BCUT2D eigenvalue weighted by Gasteiger charge is -2.27.